The molecule has 0 aromatic heterocycles. The predicted molar refractivity (Wildman–Crippen MR) is 30.2 cm³/mol. The summed E-state index contributed by atoms with van der Waals surface area (Å²) in [5.41, 5.74) is 0. The van der Waals surface area contributed by atoms with Crippen LogP contribution in [-0.4, -0.2) is 25.7 Å². The molecule has 0 saturated carbocycles. The molecule has 4 heteroatoms. The number of hydrogen-bond donors (Lipinski definition) is 0. The van der Waals surface area contributed by atoms with Gasteiger partial charge in [0.1, 0.15) is 15.9 Å². The normalized spacial score (nSPS) is 10.8. The number of rotatable bonds is 2. The van der Waals surface area contributed by atoms with Gasteiger partial charge in [-0.2, -0.15) is 0 Å². The van der Waals surface area contributed by atoms with E-state index in [4.69, 9.17) is 4.12 Å². The van der Waals surface area contributed by atoms with Crippen molar-refractivity contribution in [1.29, 1.82) is 0 Å². The molecule has 0 saturated heterocycles. The van der Waals surface area contributed by atoms with Gasteiger partial charge in [0.2, 0.25) is 9.76 Å². The number of carbonyl (C=O) groups is 1. The molecule has 0 aliphatic carbocycles. The van der Waals surface area contributed by atoms with Crippen molar-refractivity contribution in [1.82, 2.24) is 0 Å². The lowest BCUT2D eigenvalue weighted by atomic mass is 10.9. The second-order valence-corrected chi connectivity index (χ2v) is 4.73. The molecule has 0 amide bonds. The van der Waals surface area contributed by atoms with E-state index in [1.54, 1.807) is 6.92 Å². The maximum atomic E-state index is 10.0. The lowest BCUT2D eigenvalue weighted by Crippen LogP contribution is -2.05. The average Bonchev–Trinajstić information content (AvgIpc) is 1.35. The highest BCUT2D eigenvalue weighted by atomic mass is 28.3. The van der Waals surface area contributed by atoms with Crippen molar-refractivity contribution in [2.75, 3.05) is 0 Å². The Morgan fingerprint density at radius 3 is 2.50 bits per heavy atom. The van der Waals surface area contributed by atoms with Gasteiger partial charge >= 0.3 is 0 Å². The molecule has 0 aromatic rings. The molecule has 0 rings (SSSR count). The van der Waals surface area contributed by atoms with E-state index < -0.39 is 9.76 Å². The van der Waals surface area contributed by atoms with Crippen molar-refractivity contribution in [2.24, 2.45) is 0 Å². The summed E-state index contributed by atoms with van der Waals surface area (Å²) < 4.78 is 4.73. The minimum absolute atomic E-state index is 0.241. The van der Waals surface area contributed by atoms with Crippen molar-refractivity contribution in [3.8, 4) is 0 Å². The first-order chi connectivity index (χ1) is 2.77. The zero-order chi connectivity index (χ0) is 4.99. The van der Waals surface area contributed by atoms with E-state index in [1.165, 1.54) is 0 Å². The topological polar surface area (TPSA) is 26.3 Å². The van der Waals surface area contributed by atoms with Gasteiger partial charge in [-0.15, -0.1) is 0 Å². The largest absolute Gasteiger partial charge is 0.463 e. The van der Waals surface area contributed by atoms with E-state index in [0.29, 0.717) is 0 Å². The Balaban J connectivity index is 2.83. The van der Waals surface area contributed by atoms with E-state index >= 15 is 0 Å². The molecular formula is C2H8O2Si2. The maximum Gasteiger partial charge on any atom is 0.221 e. The molecule has 0 bridgehead atoms. The van der Waals surface area contributed by atoms with Gasteiger partial charge in [-0.1, -0.05) is 0 Å². The molecule has 0 fully saturated rings. The first-order valence-electron chi connectivity index (χ1n) is 1.75. The summed E-state index contributed by atoms with van der Waals surface area (Å²) in [5.74, 6) is 0. The van der Waals surface area contributed by atoms with Crippen molar-refractivity contribution < 1.29 is 8.91 Å². The quantitative estimate of drug-likeness (QED) is 0.391. The Hall–Kier alpha value is 0.0638. The summed E-state index contributed by atoms with van der Waals surface area (Å²) in [5, 5.41) is 0.241. The lowest BCUT2D eigenvalue weighted by molar-refractivity contribution is -0.110. The summed E-state index contributed by atoms with van der Waals surface area (Å²) in [6.07, 6.45) is 0. The molecule has 6 heavy (non-hydrogen) atoms. The van der Waals surface area contributed by atoms with E-state index in [2.05, 4.69) is 0 Å². The zero-order valence-electron chi connectivity index (χ0n) is 4.02. The Bertz CT molecular complexity index is 53.5. The minimum Gasteiger partial charge on any atom is -0.463 e. The van der Waals surface area contributed by atoms with E-state index in [1.807, 2.05) is 0 Å². The molecule has 0 aromatic carbocycles. The molecule has 36 valence electrons. The molecule has 0 radical (unpaired) electrons. The smallest absolute Gasteiger partial charge is 0.221 e. The molecule has 0 spiro atoms. The van der Waals surface area contributed by atoms with Gasteiger partial charge < -0.3 is 8.91 Å². The van der Waals surface area contributed by atoms with Crippen LogP contribution >= 0.6 is 0 Å². The Morgan fingerprint density at radius 1 is 2.00 bits per heavy atom. The van der Waals surface area contributed by atoms with Crippen molar-refractivity contribution in [3.05, 3.63) is 0 Å². The van der Waals surface area contributed by atoms with Crippen LogP contribution in [0, 0.1) is 0 Å². The Labute approximate surface area is 42.4 Å². The molecule has 0 N–H and O–H groups in total. The van der Waals surface area contributed by atoms with Crippen molar-refractivity contribution in [3.63, 3.8) is 0 Å². The van der Waals surface area contributed by atoms with Gasteiger partial charge in [-0.3, -0.25) is 0 Å². The Morgan fingerprint density at radius 2 is 2.50 bits per heavy atom. The summed E-state index contributed by atoms with van der Waals surface area (Å²) in [7, 11) is 0.00710. The molecular weight excluding hydrogens is 112 g/mol. The molecule has 0 heterocycles. The molecule has 0 atom stereocenters. The van der Waals surface area contributed by atoms with Crippen molar-refractivity contribution >= 4 is 25.7 Å². The minimum atomic E-state index is -0.721. The van der Waals surface area contributed by atoms with Crippen LogP contribution < -0.4 is 0 Å². The maximum absolute atomic E-state index is 10.0. The van der Waals surface area contributed by atoms with Gasteiger partial charge in [0.05, 0.1) is 0 Å². The first kappa shape index (κ1) is 6.06. The van der Waals surface area contributed by atoms with Crippen molar-refractivity contribution in [2.45, 2.75) is 6.92 Å². The molecule has 0 aliphatic heterocycles. The second kappa shape index (κ2) is 3.26. The summed E-state index contributed by atoms with van der Waals surface area (Å²) in [6, 6.07) is 0. The lowest BCUT2D eigenvalue weighted by Gasteiger charge is -1.84. The number of hydrogen-bond acceptors (Lipinski definition) is 2. The first-order valence-corrected chi connectivity index (χ1v) is 3.86. The SMILES string of the molecule is CC(=O)[SiH2]O[SiH3]. The van der Waals surface area contributed by atoms with E-state index in [0.717, 1.165) is 10.5 Å². The van der Waals surface area contributed by atoms with Crippen LogP contribution in [0.1, 0.15) is 6.92 Å². The highest BCUT2D eigenvalue weighted by molar-refractivity contribution is 6.70. The Kier molecular flexibility index (Phi) is 3.30. The van der Waals surface area contributed by atoms with Gasteiger partial charge in [0.25, 0.3) is 0 Å². The van der Waals surface area contributed by atoms with Crippen LogP contribution in [0.15, 0.2) is 0 Å². The van der Waals surface area contributed by atoms with Crippen LogP contribution in [0.25, 0.3) is 0 Å². The zero-order valence-corrected chi connectivity index (χ0v) is 7.44. The fourth-order valence-corrected chi connectivity index (χ4v) is 1.83. The third-order valence-electron chi connectivity index (χ3n) is 0.348. The second-order valence-electron chi connectivity index (χ2n) is 1.14. The highest BCUT2D eigenvalue weighted by Crippen LogP contribution is 1.60. The summed E-state index contributed by atoms with van der Waals surface area (Å²) in [4.78, 5) is 10.0. The van der Waals surface area contributed by atoms with Crippen LogP contribution in [0.4, 0.5) is 0 Å². The summed E-state index contributed by atoms with van der Waals surface area (Å²) in [6.45, 7) is 1.57. The monoisotopic (exact) mass is 120 g/mol. The van der Waals surface area contributed by atoms with E-state index in [9.17, 15) is 4.79 Å². The fraction of sp³-hybridized carbons (Fsp3) is 0.500. The standard InChI is InChI=1S/C2H8O2Si2/c1-2(3)6-4-5/h6H2,1,5H3. The third kappa shape index (κ3) is 4.06. The van der Waals surface area contributed by atoms with Gasteiger partial charge in [-0.05, 0) is 6.92 Å². The molecule has 2 nitrogen and oxygen atoms in total. The molecule has 0 aliphatic rings. The third-order valence-corrected chi connectivity index (χ3v) is 1.91. The number of carbonyl (C=O) groups excluding carboxylic acids is 1. The van der Waals surface area contributed by atoms with Crippen LogP contribution in [0.3, 0.4) is 0 Å². The molecule has 0 unspecified atom stereocenters. The van der Waals surface area contributed by atoms with Gasteiger partial charge in [0.15, 0.2) is 0 Å². The predicted octanol–water partition coefficient (Wildman–Crippen LogP) is -2.09. The fourth-order valence-electron chi connectivity index (χ4n) is 0.203. The van der Waals surface area contributed by atoms with Gasteiger partial charge in [-0.25, -0.2) is 0 Å². The van der Waals surface area contributed by atoms with Gasteiger partial charge in [0, 0.05) is 0 Å². The average molecular weight is 120 g/mol. The highest BCUT2D eigenvalue weighted by Gasteiger charge is 1.85. The van der Waals surface area contributed by atoms with Crippen LogP contribution in [-0.2, 0) is 8.91 Å². The van der Waals surface area contributed by atoms with Crippen LogP contribution in [0.5, 0.6) is 0 Å². The van der Waals surface area contributed by atoms with Crippen LogP contribution in [0.2, 0.25) is 0 Å². The van der Waals surface area contributed by atoms with E-state index in [-0.39, 0.29) is 5.41 Å². The summed E-state index contributed by atoms with van der Waals surface area (Å²) >= 11 is 0.